The maximum atomic E-state index is 11.8. The molecule has 1 aliphatic carbocycles. The Morgan fingerprint density at radius 1 is 1.44 bits per heavy atom. The first-order chi connectivity index (χ1) is 8.38. The highest BCUT2D eigenvalue weighted by molar-refractivity contribution is 6.17. The zero-order chi connectivity index (χ0) is 13.8. The average molecular weight is 274 g/mol. The van der Waals surface area contributed by atoms with Crippen LogP contribution in [0.5, 0.6) is 0 Å². The van der Waals surface area contributed by atoms with Gasteiger partial charge in [-0.25, -0.2) is 4.79 Å². The third kappa shape index (κ3) is 4.33. The number of carbonyl (C=O) groups is 2. The van der Waals surface area contributed by atoms with Gasteiger partial charge >= 0.3 is 5.97 Å². The Morgan fingerprint density at radius 3 is 2.50 bits per heavy atom. The first kappa shape index (κ1) is 15.0. The molecule has 1 rings (SSSR count). The van der Waals surface area contributed by atoms with Gasteiger partial charge in [-0.1, -0.05) is 19.9 Å². The topological polar surface area (TPSA) is 66.4 Å². The lowest BCUT2D eigenvalue weighted by atomic mass is 10.1. The Balaban J connectivity index is 2.51. The lowest BCUT2D eigenvalue weighted by molar-refractivity contribution is -0.135. The first-order valence-electron chi connectivity index (χ1n) is 6.19. The second-order valence-electron chi connectivity index (χ2n) is 5.33. The van der Waals surface area contributed by atoms with Gasteiger partial charge in [-0.15, -0.1) is 11.6 Å². The van der Waals surface area contributed by atoms with Crippen molar-refractivity contribution in [2.24, 2.45) is 5.41 Å². The fraction of sp³-hybridized carbons (Fsp3) is 0.692. The molecule has 0 heterocycles. The molecule has 1 aliphatic rings. The first-order valence-corrected chi connectivity index (χ1v) is 6.72. The zero-order valence-corrected chi connectivity index (χ0v) is 11.6. The summed E-state index contributed by atoms with van der Waals surface area (Å²) in [6.07, 6.45) is 4.57. The smallest absolute Gasteiger partial charge is 0.340 e. The molecule has 18 heavy (non-hydrogen) atoms. The number of rotatable bonds is 7. The summed E-state index contributed by atoms with van der Waals surface area (Å²) < 4.78 is 0. The van der Waals surface area contributed by atoms with Gasteiger partial charge in [0.2, 0.25) is 0 Å². The molecular weight excluding hydrogens is 254 g/mol. The van der Waals surface area contributed by atoms with Crippen LogP contribution in [0, 0.1) is 5.41 Å². The molecule has 4 nitrogen and oxygen atoms in total. The molecule has 0 saturated heterocycles. The van der Waals surface area contributed by atoms with Crippen molar-refractivity contribution >= 4 is 23.5 Å². The number of halogens is 1. The van der Waals surface area contributed by atoms with Crippen LogP contribution < -0.4 is 5.32 Å². The lowest BCUT2D eigenvalue weighted by Gasteiger charge is -2.07. The molecule has 0 aromatic heterocycles. The van der Waals surface area contributed by atoms with Crippen LogP contribution in [0.4, 0.5) is 0 Å². The van der Waals surface area contributed by atoms with Crippen molar-refractivity contribution in [3.8, 4) is 0 Å². The number of unbranched alkanes of at least 4 members (excludes halogenated alkanes) is 2. The number of allylic oxidation sites excluding steroid dienone is 1. The van der Waals surface area contributed by atoms with Crippen molar-refractivity contribution in [2.75, 3.05) is 5.88 Å². The molecule has 1 atom stereocenters. The molecule has 0 spiro atoms. The van der Waals surface area contributed by atoms with E-state index in [-0.39, 0.29) is 17.0 Å². The highest BCUT2D eigenvalue weighted by Crippen LogP contribution is 2.44. The van der Waals surface area contributed by atoms with Crippen LogP contribution in [-0.4, -0.2) is 28.9 Å². The number of carbonyl (C=O) groups excluding carboxylic acids is 1. The van der Waals surface area contributed by atoms with Gasteiger partial charge in [0.05, 0.1) is 0 Å². The molecule has 5 heteroatoms. The molecule has 0 unspecified atom stereocenters. The minimum Gasteiger partial charge on any atom is -0.478 e. The Hall–Kier alpha value is -1.03. The maximum absolute atomic E-state index is 11.8. The predicted octanol–water partition coefficient (Wildman–Crippen LogP) is 2.32. The number of carboxylic acid groups (broad SMARTS) is 1. The Morgan fingerprint density at radius 2 is 2.06 bits per heavy atom. The predicted molar refractivity (Wildman–Crippen MR) is 70.6 cm³/mol. The molecule has 0 aromatic carbocycles. The van der Waals surface area contributed by atoms with Crippen molar-refractivity contribution in [3.63, 3.8) is 0 Å². The number of hydrogen-bond donors (Lipinski definition) is 2. The SMILES string of the molecule is CC1(C)C[C@@H]1NC(=O)/C(=C/CCCCCl)C(=O)O. The van der Waals surface area contributed by atoms with Gasteiger partial charge in [0.15, 0.2) is 0 Å². The van der Waals surface area contributed by atoms with Crippen molar-refractivity contribution in [3.05, 3.63) is 11.6 Å². The van der Waals surface area contributed by atoms with Crippen LogP contribution in [0.1, 0.15) is 39.5 Å². The summed E-state index contributed by atoms with van der Waals surface area (Å²) in [6.45, 7) is 4.09. The summed E-state index contributed by atoms with van der Waals surface area (Å²) >= 11 is 5.53. The van der Waals surface area contributed by atoms with Gasteiger partial charge in [-0.3, -0.25) is 4.79 Å². The molecule has 0 radical (unpaired) electrons. The third-order valence-electron chi connectivity index (χ3n) is 3.23. The summed E-state index contributed by atoms with van der Waals surface area (Å²) in [5.41, 5.74) is -0.0648. The van der Waals surface area contributed by atoms with Gasteiger partial charge in [-0.05, 0) is 31.1 Å². The van der Waals surface area contributed by atoms with E-state index in [0.29, 0.717) is 12.3 Å². The van der Waals surface area contributed by atoms with Crippen LogP contribution in [-0.2, 0) is 9.59 Å². The van der Waals surface area contributed by atoms with Gasteiger partial charge < -0.3 is 10.4 Å². The molecule has 0 aromatic rings. The minimum absolute atomic E-state index is 0.0931. The number of amides is 1. The van der Waals surface area contributed by atoms with E-state index in [9.17, 15) is 9.59 Å². The fourth-order valence-electron chi connectivity index (χ4n) is 1.71. The van der Waals surface area contributed by atoms with E-state index in [2.05, 4.69) is 5.32 Å². The standard InChI is InChI=1S/C13H20ClNO3/c1-13(2)8-10(13)15-11(16)9(12(17)18)6-4-3-5-7-14/h6,10H,3-5,7-8H2,1-2H3,(H,15,16)(H,17,18)/b9-6-/t10-/m0/s1. The van der Waals surface area contributed by atoms with E-state index in [1.165, 1.54) is 6.08 Å². The Kier molecular flexibility index (Phi) is 5.20. The average Bonchev–Trinajstić information content (AvgIpc) is 2.85. The van der Waals surface area contributed by atoms with Crippen molar-refractivity contribution in [1.82, 2.24) is 5.32 Å². The summed E-state index contributed by atoms with van der Waals surface area (Å²) in [5, 5.41) is 11.8. The van der Waals surface area contributed by atoms with E-state index in [0.717, 1.165) is 19.3 Å². The van der Waals surface area contributed by atoms with Crippen molar-refractivity contribution in [2.45, 2.75) is 45.6 Å². The molecular formula is C13H20ClNO3. The van der Waals surface area contributed by atoms with Gasteiger partial charge in [0.25, 0.3) is 5.91 Å². The quantitative estimate of drug-likeness (QED) is 0.246. The van der Waals surface area contributed by atoms with E-state index >= 15 is 0 Å². The number of aliphatic carboxylic acids is 1. The summed E-state index contributed by atoms with van der Waals surface area (Å²) in [6, 6.07) is 0.0931. The number of hydrogen-bond acceptors (Lipinski definition) is 2. The molecule has 1 amide bonds. The van der Waals surface area contributed by atoms with Crippen LogP contribution >= 0.6 is 11.6 Å². The van der Waals surface area contributed by atoms with Crippen LogP contribution in [0.2, 0.25) is 0 Å². The molecule has 1 fully saturated rings. The number of nitrogens with one attached hydrogen (secondary N) is 1. The van der Waals surface area contributed by atoms with Crippen LogP contribution in [0.15, 0.2) is 11.6 Å². The summed E-state index contributed by atoms with van der Waals surface area (Å²) in [7, 11) is 0. The number of carboxylic acids is 1. The van der Waals surface area contributed by atoms with E-state index in [1.807, 2.05) is 13.8 Å². The second kappa shape index (κ2) is 6.23. The normalized spacial score (nSPS) is 21.5. The van der Waals surface area contributed by atoms with E-state index in [1.54, 1.807) is 0 Å². The molecule has 2 N–H and O–H groups in total. The van der Waals surface area contributed by atoms with Crippen LogP contribution in [0.3, 0.4) is 0 Å². The van der Waals surface area contributed by atoms with Crippen LogP contribution in [0.25, 0.3) is 0 Å². The molecule has 102 valence electrons. The van der Waals surface area contributed by atoms with Gasteiger partial charge in [0, 0.05) is 11.9 Å². The fourth-order valence-corrected chi connectivity index (χ4v) is 1.90. The minimum atomic E-state index is -1.17. The van der Waals surface area contributed by atoms with Gasteiger partial charge in [0.1, 0.15) is 5.57 Å². The van der Waals surface area contributed by atoms with Gasteiger partial charge in [-0.2, -0.15) is 0 Å². The van der Waals surface area contributed by atoms with Crippen molar-refractivity contribution < 1.29 is 14.7 Å². The zero-order valence-electron chi connectivity index (χ0n) is 10.8. The molecule has 1 saturated carbocycles. The summed E-state index contributed by atoms with van der Waals surface area (Å²) in [5.74, 6) is -1.10. The lowest BCUT2D eigenvalue weighted by Crippen LogP contribution is -2.32. The maximum Gasteiger partial charge on any atom is 0.340 e. The Bertz CT molecular complexity index is 363. The largest absolute Gasteiger partial charge is 0.478 e. The second-order valence-corrected chi connectivity index (χ2v) is 5.70. The molecule has 0 aliphatic heterocycles. The van der Waals surface area contributed by atoms with Crippen molar-refractivity contribution in [1.29, 1.82) is 0 Å². The highest BCUT2D eigenvalue weighted by atomic mass is 35.5. The number of alkyl halides is 1. The molecule has 0 bridgehead atoms. The Labute approximate surface area is 112 Å². The summed E-state index contributed by atoms with van der Waals surface area (Å²) in [4.78, 5) is 22.8. The third-order valence-corrected chi connectivity index (χ3v) is 3.50. The highest BCUT2D eigenvalue weighted by Gasteiger charge is 2.47. The van der Waals surface area contributed by atoms with E-state index < -0.39 is 11.9 Å². The van der Waals surface area contributed by atoms with E-state index in [4.69, 9.17) is 16.7 Å². The monoisotopic (exact) mass is 273 g/mol.